The standard InChI is InChI=1S/C20H24FN5S/c1-15-8-11-25(12-9-15)19-23-24-20(27-19)26-10-2-3-18(26)14-22-13-16-4-6-17(21)7-5-16/h2-7,10,15,22H,8-9,11-14H2,1H3. The van der Waals surface area contributed by atoms with Crippen molar-refractivity contribution in [1.82, 2.24) is 20.1 Å². The van der Waals surface area contributed by atoms with Crippen molar-refractivity contribution in [3.05, 3.63) is 59.7 Å². The van der Waals surface area contributed by atoms with E-state index in [1.54, 1.807) is 23.5 Å². The predicted octanol–water partition coefficient (Wildman–Crippen LogP) is 3.99. The molecule has 0 bridgehead atoms. The highest BCUT2D eigenvalue weighted by Gasteiger charge is 2.20. The van der Waals surface area contributed by atoms with E-state index in [2.05, 4.69) is 38.0 Å². The monoisotopic (exact) mass is 385 g/mol. The fourth-order valence-electron chi connectivity index (χ4n) is 3.32. The SMILES string of the molecule is CC1CCN(c2nnc(-n3cccc3CNCc3ccc(F)cc3)s2)CC1. The Morgan fingerprint density at radius 2 is 1.81 bits per heavy atom. The highest BCUT2D eigenvalue weighted by atomic mass is 32.1. The van der Waals surface area contributed by atoms with Crippen LogP contribution < -0.4 is 10.2 Å². The predicted molar refractivity (Wildman–Crippen MR) is 107 cm³/mol. The molecule has 2 aromatic heterocycles. The van der Waals surface area contributed by atoms with Crippen molar-refractivity contribution >= 4 is 16.5 Å². The highest BCUT2D eigenvalue weighted by molar-refractivity contribution is 7.17. The summed E-state index contributed by atoms with van der Waals surface area (Å²) in [6, 6.07) is 10.7. The molecule has 1 aliphatic heterocycles. The molecule has 142 valence electrons. The summed E-state index contributed by atoms with van der Waals surface area (Å²) >= 11 is 1.64. The van der Waals surface area contributed by atoms with Crippen molar-refractivity contribution in [2.45, 2.75) is 32.9 Å². The van der Waals surface area contributed by atoms with Gasteiger partial charge in [-0.25, -0.2) is 4.39 Å². The number of halogens is 1. The Balaban J connectivity index is 1.39. The van der Waals surface area contributed by atoms with Crippen molar-refractivity contribution < 1.29 is 4.39 Å². The maximum Gasteiger partial charge on any atom is 0.218 e. The largest absolute Gasteiger partial charge is 0.347 e. The number of hydrogen-bond donors (Lipinski definition) is 1. The van der Waals surface area contributed by atoms with Gasteiger partial charge in [0.05, 0.1) is 0 Å². The summed E-state index contributed by atoms with van der Waals surface area (Å²) in [5.74, 6) is 0.597. The minimum Gasteiger partial charge on any atom is -0.347 e. The Kier molecular flexibility index (Phi) is 5.50. The molecule has 0 saturated carbocycles. The van der Waals surface area contributed by atoms with E-state index in [0.29, 0.717) is 13.1 Å². The third-order valence-corrected chi connectivity index (χ3v) is 6.03. The van der Waals surface area contributed by atoms with Crippen molar-refractivity contribution in [2.75, 3.05) is 18.0 Å². The number of piperidine rings is 1. The average molecular weight is 386 g/mol. The molecule has 0 amide bonds. The molecule has 0 spiro atoms. The van der Waals surface area contributed by atoms with Gasteiger partial charge in [0.15, 0.2) is 0 Å². The van der Waals surface area contributed by atoms with Gasteiger partial charge in [-0.1, -0.05) is 30.4 Å². The molecule has 1 aromatic carbocycles. The van der Waals surface area contributed by atoms with E-state index in [0.717, 1.165) is 40.5 Å². The van der Waals surface area contributed by atoms with E-state index < -0.39 is 0 Å². The summed E-state index contributed by atoms with van der Waals surface area (Å²) < 4.78 is 15.1. The zero-order valence-corrected chi connectivity index (χ0v) is 16.3. The van der Waals surface area contributed by atoms with Gasteiger partial charge in [0.2, 0.25) is 10.3 Å². The molecule has 0 atom stereocenters. The van der Waals surface area contributed by atoms with Crippen LogP contribution in [0.2, 0.25) is 0 Å². The van der Waals surface area contributed by atoms with Crippen LogP contribution in [0, 0.1) is 11.7 Å². The first kappa shape index (κ1) is 18.1. The van der Waals surface area contributed by atoms with Crippen molar-refractivity contribution in [3.63, 3.8) is 0 Å². The summed E-state index contributed by atoms with van der Waals surface area (Å²) in [4.78, 5) is 2.34. The van der Waals surface area contributed by atoms with E-state index in [1.165, 1.54) is 25.0 Å². The fraction of sp³-hybridized carbons (Fsp3) is 0.400. The van der Waals surface area contributed by atoms with Crippen LogP contribution in [0.3, 0.4) is 0 Å². The average Bonchev–Trinajstić information content (AvgIpc) is 3.33. The summed E-state index contributed by atoms with van der Waals surface area (Å²) in [7, 11) is 0. The van der Waals surface area contributed by atoms with Crippen LogP contribution in [0.5, 0.6) is 0 Å². The minimum absolute atomic E-state index is 0.206. The number of benzene rings is 1. The fourth-order valence-corrected chi connectivity index (χ4v) is 4.23. The van der Waals surface area contributed by atoms with Gasteiger partial charge in [-0.05, 0) is 48.6 Å². The Labute approximate surface area is 162 Å². The van der Waals surface area contributed by atoms with E-state index >= 15 is 0 Å². The molecule has 3 aromatic rings. The van der Waals surface area contributed by atoms with Gasteiger partial charge in [0, 0.05) is 38.1 Å². The molecule has 27 heavy (non-hydrogen) atoms. The Bertz CT molecular complexity index is 865. The maximum atomic E-state index is 13.0. The summed E-state index contributed by atoms with van der Waals surface area (Å²) in [5.41, 5.74) is 2.19. The van der Waals surface area contributed by atoms with Crippen LogP contribution in [-0.4, -0.2) is 27.9 Å². The Morgan fingerprint density at radius 3 is 2.59 bits per heavy atom. The van der Waals surface area contributed by atoms with Gasteiger partial charge in [-0.3, -0.25) is 4.57 Å². The second kappa shape index (κ2) is 8.19. The van der Waals surface area contributed by atoms with Crippen LogP contribution >= 0.6 is 11.3 Å². The molecule has 4 rings (SSSR count). The molecule has 0 aliphatic carbocycles. The van der Waals surface area contributed by atoms with Gasteiger partial charge in [-0.15, -0.1) is 10.2 Å². The summed E-state index contributed by atoms with van der Waals surface area (Å²) in [6.07, 6.45) is 4.46. The van der Waals surface area contributed by atoms with Crippen molar-refractivity contribution in [1.29, 1.82) is 0 Å². The second-order valence-corrected chi connectivity index (χ2v) is 8.07. The summed E-state index contributed by atoms with van der Waals surface area (Å²) in [5, 5.41) is 14.1. The van der Waals surface area contributed by atoms with Crippen LogP contribution in [0.15, 0.2) is 42.6 Å². The smallest absolute Gasteiger partial charge is 0.218 e. The quantitative estimate of drug-likeness (QED) is 0.697. The molecule has 1 aliphatic rings. The third-order valence-electron chi connectivity index (χ3n) is 5.05. The van der Waals surface area contributed by atoms with E-state index in [4.69, 9.17) is 0 Å². The number of aromatic nitrogens is 3. The van der Waals surface area contributed by atoms with E-state index in [-0.39, 0.29) is 5.82 Å². The number of hydrogen-bond acceptors (Lipinski definition) is 5. The number of anilines is 1. The highest BCUT2D eigenvalue weighted by Crippen LogP contribution is 2.28. The third kappa shape index (κ3) is 4.36. The van der Waals surface area contributed by atoms with Crippen molar-refractivity contribution in [3.8, 4) is 5.13 Å². The van der Waals surface area contributed by atoms with E-state index in [9.17, 15) is 4.39 Å². The minimum atomic E-state index is -0.206. The summed E-state index contributed by atoms with van der Waals surface area (Å²) in [6.45, 7) is 5.84. The van der Waals surface area contributed by atoms with Crippen LogP contribution in [0.1, 0.15) is 31.0 Å². The normalized spacial score (nSPS) is 15.4. The second-order valence-electron chi connectivity index (χ2n) is 7.14. The van der Waals surface area contributed by atoms with Crippen molar-refractivity contribution in [2.24, 2.45) is 5.92 Å². The van der Waals surface area contributed by atoms with Crippen LogP contribution in [0.25, 0.3) is 5.13 Å². The molecule has 7 heteroatoms. The zero-order valence-electron chi connectivity index (χ0n) is 15.4. The molecule has 0 unspecified atom stereocenters. The Morgan fingerprint density at radius 1 is 1.07 bits per heavy atom. The van der Waals surface area contributed by atoms with Gasteiger partial charge in [0.25, 0.3) is 0 Å². The zero-order chi connectivity index (χ0) is 18.6. The maximum absolute atomic E-state index is 13.0. The molecule has 3 heterocycles. The van der Waals surface area contributed by atoms with Crippen LogP contribution in [0.4, 0.5) is 9.52 Å². The molecule has 5 nitrogen and oxygen atoms in total. The molecule has 1 saturated heterocycles. The molecular formula is C20H24FN5S. The lowest BCUT2D eigenvalue weighted by molar-refractivity contribution is 0.437. The van der Waals surface area contributed by atoms with Gasteiger partial charge >= 0.3 is 0 Å². The van der Waals surface area contributed by atoms with Gasteiger partial charge in [-0.2, -0.15) is 0 Å². The first-order chi connectivity index (χ1) is 13.2. The van der Waals surface area contributed by atoms with Gasteiger partial charge in [0.1, 0.15) is 5.82 Å². The molecule has 1 N–H and O–H groups in total. The lowest BCUT2D eigenvalue weighted by Gasteiger charge is -2.29. The number of rotatable bonds is 6. The molecule has 0 radical (unpaired) electrons. The molecule has 1 fully saturated rings. The first-order valence-corrected chi connectivity index (χ1v) is 10.2. The lowest BCUT2D eigenvalue weighted by atomic mass is 10.00. The number of nitrogens with zero attached hydrogens (tertiary/aromatic N) is 4. The molecular weight excluding hydrogens is 361 g/mol. The van der Waals surface area contributed by atoms with Gasteiger partial charge < -0.3 is 10.2 Å². The Hall–Kier alpha value is -2.25. The van der Waals surface area contributed by atoms with Crippen LogP contribution in [-0.2, 0) is 13.1 Å². The lowest BCUT2D eigenvalue weighted by Crippen LogP contribution is -2.32. The van der Waals surface area contributed by atoms with E-state index in [1.807, 2.05) is 12.3 Å². The number of nitrogens with one attached hydrogen (secondary N) is 1. The topological polar surface area (TPSA) is 46.0 Å². The first-order valence-electron chi connectivity index (χ1n) is 9.39.